The van der Waals surface area contributed by atoms with Gasteiger partial charge in [0.1, 0.15) is 0 Å². The van der Waals surface area contributed by atoms with Gasteiger partial charge in [0.15, 0.2) is 17.5 Å². The van der Waals surface area contributed by atoms with Crippen LogP contribution < -0.4 is 5.19 Å². The van der Waals surface area contributed by atoms with Crippen molar-refractivity contribution in [3.05, 3.63) is 169 Å². The van der Waals surface area contributed by atoms with Gasteiger partial charge in [0, 0.05) is 22.1 Å². The van der Waals surface area contributed by atoms with Crippen LogP contribution in [0.1, 0.15) is 58.6 Å². The second kappa shape index (κ2) is 15.4. The maximum absolute atomic E-state index is 5.19. The van der Waals surface area contributed by atoms with Crippen molar-refractivity contribution in [2.45, 2.75) is 71.0 Å². The SMILES string of the molecule is CCC1(CC)c2ccccc2-c2cc(-c3ccc(-c4nc(-c5ccc([Si](CC)(CC)CC)cc5)nc(-c5cccc(-c6cccc7ccccc67)c5)n4)cc3)ccc21. The van der Waals surface area contributed by atoms with Gasteiger partial charge in [-0.15, -0.1) is 0 Å². The van der Waals surface area contributed by atoms with Crippen molar-refractivity contribution in [3.63, 3.8) is 0 Å². The first-order valence-electron chi connectivity index (χ1n) is 21.2. The molecule has 0 spiro atoms. The van der Waals surface area contributed by atoms with E-state index in [4.69, 9.17) is 15.0 Å². The van der Waals surface area contributed by atoms with Crippen LogP contribution in [0.2, 0.25) is 18.1 Å². The first kappa shape index (κ1) is 37.6. The fourth-order valence-electron chi connectivity index (χ4n) is 9.87. The van der Waals surface area contributed by atoms with Crippen molar-refractivity contribution >= 4 is 24.0 Å². The maximum atomic E-state index is 5.19. The number of hydrogen-bond donors (Lipinski definition) is 0. The molecule has 0 bridgehead atoms. The van der Waals surface area contributed by atoms with E-state index in [1.54, 1.807) is 0 Å². The number of benzene rings is 7. The standard InChI is InChI=1S/C54H51N3Si/c1-6-54(7-2)49-24-14-13-22-47(49)48-36-41(31-34-50(48)54)37-25-27-39(28-26-37)51-55-52(40-29-32-44(33-30-40)58(8-3,9-4)10-5)57-53(56-51)43-20-15-19-42(35-43)46-23-16-18-38-17-11-12-21-45(38)46/h11-36H,6-10H2,1-5H3. The third-order valence-electron chi connectivity index (χ3n) is 13.6. The minimum atomic E-state index is -1.52. The Kier molecular flexibility index (Phi) is 9.99. The minimum absolute atomic E-state index is 0.0736. The summed E-state index contributed by atoms with van der Waals surface area (Å²) in [5, 5.41) is 3.97. The highest BCUT2D eigenvalue weighted by Crippen LogP contribution is 2.53. The molecule has 58 heavy (non-hydrogen) atoms. The van der Waals surface area contributed by atoms with E-state index in [0.29, 0.717) is 17.5 Å². The zero-order valence-corrected chi connectivity index (χ0v) is 35.4. The van der Waals surface area contributed by atoms with Gasteiger partial charge in [0.05, 0.1) is 8.07 Å². The van der Waals surface area contributed by atoms with Gasteiger partial charge in [0.2, 0.25) is 0 Å². The van der Waals surface area contributed by atoms with E-state index in [0.717, 1.165) is 35.1 Å². The van der Waals surface area contributed by atoms with E-state index >= 15 is 0 Å². The molecular weight excluding hydrogens is 719 g/mol. The molecule has 7 aromatic carbocycles. The van der Waals surface area contributed by atoms with E-state index in [1.807, 2.05) is 0 Å². The van der Waals surface area contributed by atoms with Crippen molar-refractivity contribution in [3.8, 4) is 67.5 Å². The van der Waals surface area contributed by atoms with Crippen LogP contribution in [0.25, 0.3) is 78.3 Å². The summed E-state index contributed by atoms with van der Waals surface area (Å²) in [5.41, 5.74) is 13.4. The van der Waals surface area contributed by atoms with Crippen LogP contribution >= 0.6 is 0 Å². The van der Waals surface area contributed by atoms with E-state index in [2.05, 4.69) is 192 Å². The summed E-state index contributed by atoms with van der Waals surface area (Å²) in [5.74, 6) is 2.03. The Morgan fingerprint density at radius 1 is 0.397 bits per heavy atom. The molecule has 286 valence electrons. The fourth-order valence-corrected chi connectivity index (χ4v) is 13.5. The normalized spacial score (nSPS) is 13.1. The zero-order chi connectivity index (χ0) is 39.9. The van der Waals surface area contributed by atoms with Gasteiger partial charge in [-0.25, -0.2) is 15.0 Å². The predicted octanol–water partition coefficient (Wildman–Crippen LogP) is 14.2. The molecule has 3 nitrogen and oxygen atoms in total. The number of rotatable bonds is 11. The molecule has 0 atom stereocenters. The Labute approximate surface area is 345 Å². The van der Waals surface area contributed by atoms with Gasteiger partial charge in [0.25, 0.3) is 0 Å². The summed E-state index contributed by atoms with van der Waals surface area (Å²) in [6.07, 6.45) is 2.18. The van der Waals surface area contributed by atoms with E-state index in [-0.39, 0.29) is 5.41 Å². The molecule has 0 unspecified atom stereocenters. The molecule has 0 aliphatic heterocycles. The molecule has 0 saturated heterocycles. The Morgan fingerprint density at radius 3 is 1.60 bits per heavy atom. The zero-order valence-electron chi connectivity index (χ0n) is 34.4. The Morgan fingerprint density at radius 2 is 0.914 bits per heavy atom. The lowest BCUT2D eigenvalue weighted by Crippen LogP contribution is -2.45. The Bertz CT molecular complexity index is 2750. The fraction of sp³-hybridized carbons (Fsp3) is 0.204. The smallest absolute Gasteiger partial charge is 0.164 e. The molecule has 0 N–H and O–H groups in total. The highest BCUT2D eigenvalue weighted by molar-refractivity contribution is 6.91. The molecule has 8 aromatic rings. The van der Waals surface area contributed by atoms with Crippen molar-refractivity contribution < 1.29 is 0 Å². The van der Waals surface area contributed by atoms with E-state index in [1.165, 1.54) is 73.0 Å². The summed E-state index contributed by atoms with van der Waals surface area (Å²) in [6.45, 7) is 11.7. The number of nitrogens with zero attached hydrogens (tertiary/aromatic N) is 3. The summed E-state index contributed by atoms with van der Waals surface area (Å²) in [7, 11) is -1.52. The van der Waals surface area contributed by atoms with Crippen LogP contribution in [-0.2, 0) is 5.41 Å². The number of aromatic nitrogens is 3. The highest BCUT2D eigenvalue weighted by Gasteiger charge is 2.40. The highest BCUT2D eigenvalue weighted by atomic mass is 28.3. The molecule has 1 aliphatic carbocycles. The van der Waals surface area contributed by atoms with Crippen molar-refractivity contribution in [2.24, 2.45) is 0 Å². The van der Waals surface area contributed by atoms with Crippen LogP contribution in [-0.4, -0.2) is 23.0 Å². The quantitative estimate of drug-likeness (QED) is 0.123. The topological polar surface area (TPSA) is 38.7 Å². The van der Waals surface area contributed by atoms with Crippen molar-refractivity contribution in [1.82, 2.24) is 15.0 Å². The first-order valence-corrected chi connectivity index (χ1v) is 23.9. The molecule has 1 aliphatic rings. The predicted molar refractivity (Wildman–Crippen MR) is 248 cm³/mol. The molecule has 0 saturated carbocycles. The second-order valence-electron chi connectivity index (χ2n) is 16.0. The molecule has 0 fully saturated rings. The first-order chi connectivity index (χ1) is 28.4. The third-order valence-corrected chi connectivity index (χ3v) is 19.2. The molecule has 1 heterocycles. The van der Waals surface area contributed by atoms with Crippen LogP contribution in [0.5, 0.6) is 0 Å². The van der Waals surface area contributed by atoms with Gasteiger partial charge in [-0.3, -0.25) is 0 Å². The molecule has 1 aromatic heterocycles. The summed E-state index contributed by atoms with van der Waals surface area (Å²) in [4.78, 5) is 15.5. The summed E-state index contributed by atoms with van der Waals surface area (Å²) in [6, 6.07) is 61.4. The molecule has 0 radical (unpaired) electrons. The average Bonchev–Trinajstić information content (AvgIpc) is 3.59. The van der Waals surface area contributed by atoms with Gasteiger partial charge < -0.3 is 0 Å². The van der Waals surface area contributed by atoms with Crippen LogP contribution in [0, 0.1) is 0 Å². The van der Waals surface area contributed by atoms with Crippen LogP contribution in [0.15, 0.2) is 158 Å². The molecule has 0 amide bonds. The lowest BCUT2D eigenvalue weighted by molar-refractivity contribution is 0.490. The lowest BCUT2D eigenvalue weighted by atomic mass is 9.74. The lowest BCUT2D eigenvalue weighted by Gasteiger charge is -2.29. The third kappa shape index (κ3) is 6.31. The second-order valence-corrected chi connectivity index (χ2v) is 21.3. The molecule has 4 heteroatoms. The molecular formula is C54H51N3Si. The van der Waals surface area contributed by atoms with Crippen LogP contribution in [0.4, 0.5) is 0 Å². The van der Waals surface area contributed by atoms with E-state index in [9.17, 15) is 0 Å². The van der Waals surface area contributed by atoms with Gasteiger partial charge in [-0.05, 0) is 80.3 Å². The Balaban J connectivity index is 1.12. The Hall–Kier alpha value is -5.97. The van der Waals surface area contributed by atoms with Gasteiger partial charge >= 0.3 is 0 Å². The number of fused-ring (bicyclic) bond motifs is 4. The van der Waals surface area contributed by atoms with Gasteiger partial charge in [-0.1, -0.05) is 204 Å². The minimum Gasteiger partial charge on any atom is -0.208 e. The monoisotopic (exact) mass is 769 g/mol. The maximum Gasteiger partial charge on any atom is 0.164 e. The van der Waals surface area contributed by atoms with Crippen molar-refractivity contribution in [2.75, 3.05) is 0 Å². The summed E-state index contributed by atoms with van der Waals surface area (Å²) < 4.78 is 0. The largest absolute Gasteiger partial charge is 0.208 e. The van der Waals surface area contributed by atoms with Gasteiger partial charge in [-0.2, -0.15) is 0 Å². The van der Waals surface area contributed by atoms with Crippen LogP contribution in [0.3, 0.4) is 0 Å². The molecule has 9 rings (SSSR count). The number of hydrogen-bond acceptors (Lipinski definition) is 3. The summed E-state index contributed by atoms with van der Waals surface area (Å²) >= 11 is 0. The average molecular weight is 770 g/mol. The van der Waals surface area contributed by atoms with E-state index < -0.39 is 8.07 Å². The van der Waals surface area contributed by atoms with Crippen molar-refractivity contribution in [1.29, 1.82) is 0 Å².